The molecule has 0 saturated heterocycles. The number of hydrogen-bond acceptors (Lipinski definition) is 7. The molecule has 1 amide bonds. The maximum atomic E-state index is 11.0. The standard InChI is InChI=1S/C12H23N.C11H13N3O5S/c1-3-7-11(8-4-1)13-12-9-5-2-6-10-12;12-10(15)6-5-7(11(16)17)13-20-9-4-2-1-3-8(9)14(18)19/h11-13H,1-10H2;1-4,7,13H,5-6H2,(H2,12,15)(H,16,17)/t;7-/m.0/s1. The fraction of sp³-hybridized carbons (Fsp3) is 0.652. The minimum absolute atomic E-state index is 0.0122. The van der Waals surface area contributed by atoms with Crippen LogP contribution in [0.4, 0.5) is 5.69 Å². The van der Waals surface area contributed by atoms with E-state index >= 15 is 0 Å². The van der Waals surface area contributed by atoms with Gasteiger partial charge in [-0.15, -0.1) is 0 Å². The first-order chi connectivity index (χ1) is 15.9. The van der Waals surface area contributed by atoms with Crippen molar-refractivity contribution < 1.29 is 19.6 Å². The largest absolute Gasteiger partial charge is 0.480 e. The molecule has 10 heteroatoms. The first-order valence-corrected chi connectivity index (χ1v) is 12.6. The molecule has 2 fully saturated rings. The van der Waals surface area contributed by atoms with Crippen molar-refractivity contribution in [2.24, 2.45) is 5.73 Å². The van der Waals surface area contributed by atoms with Gasteiger partial charge in [-0.25, -0.2) is 4.72 Å². The number of nitro benzene ring substituents is 1. The number of nitrogens with one attached hydrogen (secondary N) is 2. The Morgan fingerprint density at radius 3 is 2.09 bits per heavy atom. The lowest BCUT2D eigenvalue weighted by Gasteiger charge is -2.30. The van der Waals surface area contributed by atoms with E-state index < -0.39 is 22.8 Å². The van der Waals surface area contributed by atoms with E-state index in [-0.39, 0.29) is 18.5 Å². The van der Waals surface area contributed by atoms with Crippen LogP contribution in [0.5, 0.6) is 0 Å². The first-order valence-electron chi connectivity index (χ1n) is 11.8. The highest BCUT2D eigenvalue weighted by molar-refractivity contribution is 7.97. The molecule has 5 N–H and O–H groups in total. The molecular weight excluding hydrogens is 444 g/mol. The molecule has 0 spiro atoms. The van der Waals surface area contributed by atoms with E-state index in [9.17, 15) is 19.7 Å². The van der Waals surface area contributed by atoms with Crippen molar-refractivity contribution in [3.8, 4) is 0 Å². The number of nitro groups is 1. The summed E-state index contributed by atoms with van der Waals surface area (Å²) in [4.78, 5) is 32.2. The van der Waals surface area contributed by atoms with Gasteiger partial charge in [0.2, 0.25) is 5.91 Å². The Kier molecular flexibility index (Phi) is 12.2. The predicted octanol–water partition coefficient (Wildman–Crippen LogP) is 4.15. The van der Waals surface area contributed by atoms with Crippen LogP contribution < -0.4 is 15.8 Å². The van der Waals surface area contributed by atoms with Crippen LogP contribution in [0.3, 0.4) is 0 Å². The van der Waals surface area contributed by atoms with Gasteiger partial charge in [0, 0.05) is 24.6 Å². The van der Waals surface area contributed by atoms with E-state index in [0.717, 1.165) is 24.0 Å². The van der Waals surface area contributed by atoms with E-state index in [2.05, 4.69) is 10.0 Å². The second-order valence-corrected chi connectivity index (χ2v) is 9.56. The summed E-state index contributed by atoms with van der Waals surface area (Å²) in [7, 11) is 0. The molecule has 184 valence electrons. The topological polar surface area (TPSA) is 148 Å². The molecule has 33 heavy (non-hydrogen) atoms. The summed E-state index contributed by atoms with van der Waals surface area (Å²) >= 11 is 0.839. The molecule has 1 atom stereocenters. The summed E-state index contributed by atoms with van der Waals surface area (Å²) in [5, 5.41) is 23.6. The van der Waals surface area contributed by atoms with Crippen LogP contribution in [0.2, 0.25) is 0 Å². The van der Waals surface area contributed by atoms with Gasteiger partial charge in [-0.2, -0.15) is 0 Å². The van der Waals surface area contributed by atoms with Crippen molar-refractivity contribution in [3.63, 3.8) is 0 Å². The minimum atomic E-state index is -1.16. The van der Waals surface area contributed by atoms with Crippen LogP contribution in [-0.2, 0) is 9.59 Å². The Morgan fingerprint density at radius 1 is 1.06 bits per heavy atom. The molecule has 0 aromatic heterocycles. The van der Waals surface area contributed by atoms with E-state index in [1.54, 1.807) is 6.07 Å². The number of carboxylic acids is 1. The summed E-state index contributed by atoms with van der Waals surface area (Å²) in [6.45, 7) is 0. The maximum absolute atomic E-state index is 11.0. The molecule has 2 aliphatic rings. The molecule has 1 aromatic carbocycles. The summed E-state index contributed by atoms with van der Waals surface area (Å²) in [5.74, 6) is -1.76. The normalized spacial score (nSPS) is 18.1. The third-order valence-corrected chi connectivity index (χ3v) is 7.00. The summed E-state index contributed by atoms with van der Waals surface area (Å²) < 4.78 is 2.59. The van der Waals surface area contributed by atoms with Crippen molar-refractivity contribution >= 4 is 29.5 Å². The third-order valence-electron chi connectivity index (χ3n) is 6.03. The van der Waals surface area contributed by atoms with Crippen molar-refractivity contribution in [2.75, 3.05) is 0 Å². The number of hydrogen-bond donors (Lipinski definition) is 4. The number of amides is 1. The molecule has 9 nitrogen and oxygen atoms in total. The fourth-order valence-electron chi connectivity index (χ4n) is 4.22. The molecular formula is C23H36N4O5S. The number of carboxylic acid groups (broad SMARTS) is 1. The van der Waals surface area contributed by atoms with Gasteiger partial charge in [0.15, 0.2) is 0 Å². The quantitative estimate of drug-likeness (QED) is 0.222. The molecule has 0 bridgehead atoms. The van der Waals surface area contributed by atoms with Crippen molar-refractivity contribution in [1.29, 1.82) is 0 Å². The van der Waals surface area contributed by atoms with Gasteiger partial charge in [0.25, 0.3) is 5.69 Å². The number of nitrogens with zero attached hydrogens (tertiary/aromatic N) is 1. The number of carbonyl (C=O) groups excluding carboxylic acids is 1. The van der Waals surface area contributed by atoms with Crippen LogP contribution in [0.15, 0.2) is 29.2 Å². The van der Waals surface area contributed by atoms with Crippen LogP contribution >= 0.6 is 11.9 Å². The lowest BCUT2D eigenvalue weighted by molar-refractivity contribution is -0.387. The molecule has 0 unspecified atom stereocenters. The van der Waals surface area contributed by atoms with Crippen molar-refractivity contribution in [2.45, 2.75) is 100 Å². The van der Waals surface area contributed by atoms with Gasteiger partial charge in [-0.1, -0.05) is 50.7 Å². The highest BCUT2D eigenvalue weighted by atomic mass is 32.2. The molecule has 1 aromatic rings. The minimum Gasteiger partial charge on any atom is -0.480 e. The summed E-state index contributed by atoms with van der Waals surface area (Å²) in [6.07, 6.45) is 14.5. The zero-order chi connectivity index (χ0) is 24.1. The van der Waals surface area contributed by atoms with Gasteiger partial charge in [-0.3, -0.25) is 19.7 Å². The molecule has 0 heterocycles. The zero-order valence-electron chi connectivity index (χ0n) is 19.0. The van der Waals surface area contributed by atoms with Gasteiger partial charge in [0.1, 0.15) is 10.9 Å². The smallest absolute Gasteiger partial charge is 0.321 e. The Labute approximate surface area is 199 Å². The Hall–Kier alpha value is -2.17. The zero-order valence-corrected chi connectivity index (χ0v) is 19.9. The number of aliphatic carboxylic acids is 1. The van der Waals surface area contributed by atoms with Crippen LogP contribution in [0.1, 0.15) is 77.0 Å². The number of rotatable bonds is 10. The van der Waals surface area contributed by atoms with E-state index in [0.29, 0.717) is 4.90 Å². The molecule has 0 radical (unpaired) electrons. The fourth-order valence-corrected chi connectivity index (χ4v) is 5.10. The monoisotopic (exact) mass is 480 g/mol. The summed E-state index contributed by atoms with van der Waals surface area (Å²) in [5.41, 5.74) is 4.83. The van der Waals surface area contributed by atoms with E-state index in [4.69, 9.17) is 10.8 Å². The average Bonchev–Trinajstić information content (AvgIpc) is 2.80. The van der Waals surface area contributed by atoms with Crippen LogP contribution in [0.25, 0.3) is 0 Å². The van der Waals surface area contributed by atoms with Crippen molar-refractivity contribution in [1.82, 2.24) is 10.0 Å². The molecule has 0 aliphatic heterocycles. The second-order valence-electron chi connectivity index (χ2n) is 8.68. The highest BCUT2D eigenvalue weighted by Crippen LogP contribution is 2.27. The highest BCUT2D eigenvalue weighted by Gasteiger charge is 2.21. The molecule has 3 rings (SSSR count). The van der Waals surface area contributed by atoms with Gasteiger partial charge < -0.3 is 16.2 Å². The van der Waals surface area contributed by atoms with Crippen LogP contribution in [0, 0.1) is 10.1 Å². The lowest BCUT2D eigenvalue weighted by Crippen LogP contribution is -2.40. The van der Waals surface area contributed by atoms with Crippen LogP contribution in [-0.4, -0.2) is 40.0 Å². The Bertz CT molecular complexity index is 751. The number of para-hydroxylation sites is 1. The Balaban J connectivity index is 0.000000254. The number of nitrogens with two attached hydrogens (primary N) is 1. The van der Waals surface area contributed by atoms with Gasteiger partial charge >= 0.3 is 5.97 Å². The average molecular weight is 481 g/mol. The maximum Gasteiger partial charge on any atom is 0.321 e. The SMILES string of the molecule is C1CCC(NC2CCCCC2)CC1.NC(=O)CC[C@H](NSc1ccccc1[N+](=O)[O-])C(=O)O. The number of benzene rings is 1. The molecule has 2 saturated carbocycles. The van der Waals surface area contributed by atoms with Gasteiger partial charge in [-0.05, 0) is 50.1 Å². The predicted molar refractivity (Wildman–Crippen MR) is 129 cm³/mol. The number of primary amides is 1. The van der Waals surface area contributed by atoms with E-state index in [1.165, 1.54) is 82.4 Å². The van der Waals surface area contributed by atoms with E-state index in [1.807, 2.05) is 0 Å². The third kappa shape index (κ3) is 10.5. The summed E-state index contributed by atoms with van der Waals surface area (Å²) in [6, 6.07) is 6.67. The second kappa shape index (κ2) is 14.9. The molecule has 2 aliphatic carbocycles. The number of carbonyl (C=O) groups is 2. The van der Waals surface area contributed by atoms with Crippen molar-refractivity contribution in [3.05, 3.63) is 34.4 Å². The van der Waals surface area contributed by atoms with Gasteiger partial charge in [0.05, 0.1) is 4.92 Å². The first kappa shape index (κ1) is 27.1. The lowest BCUT2D eigenvalue weighted by atomic mass is 9.91. The Morgan fingerprint density at radius 2 is 1.61 bits per heavy atom.